The average Bonchev–Trinajstić information content (AvgIpc) is 3.49. The highest BCUT2D eigenvalue weighted by atomic mass is 16.6. The van der Waals surface area contributed by atoms with Gasteiger partial charge in [-0.2, -0.15) is 0 Å². The maximum absolute atomic E-state index is 13.0. The van der Waals surface area contributed by atoms with Gasteiger partial charge in [-0.05, 0) is 66.3 Å². The van der Waals surface area contributed by atoms with Crippen LogP contribution in [0.15, 0.2) is 78.9 Å². The molecular weight excluding hydrogens is 438 g/mol. The van der Waals surface area contributed by atoms with Gasteiger partial charge in [0.25, 0.3) is 0 Å². The van der Waals surface area contributed by atoms with Crippen molar-refractivity contribution in [1.29, 1.82) is 0 Å². The van der Waals surface area contributed by atoms with E-state index >= 15 is 0 Å². The summed E-state index contributed by atoms with van der Waals surface area (Å²) in [5.74, 6) is 1.11. The van der Waals surface area contributed by atoms with Crippen LogP contribution >= 0.6 is 0 Å². The normalized spacial score (nSPS) is 26.5. The number of hydrogen-bond acceptors (Lipinski definition) is 4. The van der Waals surface area contributed by atoms with Crippen LogP contribution in [-0.2, 0) is 19.7 Å². The number of amides is 1. The van der Waals surface area contributed by atoms with Crippen LogP contribution in [0.3, 0.4) is 0 Å². The van der Waals surface area contributed by atoms with Gasteiger partial charge >= 0.3 is 5.97 Å². The molecule has 5 nitrogen and oxygen atoms in total. The van der Waals surface area contributed by atoms with Gasteiger partial charge in [0, 0.05) is 17.0 Å². The van der Waals surface area contributed by atoms with Gasteiger partial charge in [-0.3, -0.25) is 9.59 Å². The Kier molecular flexibility index (Phi) is 5.17. The zero-order valence-corrected chi connectivity index (χ0v) is 19.9. The summed E-state index contributed by atoms with van der Waals surface area (Å²) < 4.78 is 11.5. The van der Waals surface area contributed by atoms with E-state index in [9.17, 15) is 9.59 Å². The zero-order valence-electron chi connectivity index (χ0n) is 19.9. The molecule has 3 aliphatic rings. The van der Waals surface area contributed by atoms with Crippen molar-refractivity contribution in [3.8, 4) is 11.5 Å². The minimum atomic E-state index is -0.277. The summed E-state index contributed by atoms with van der Waals surface area (Å²) in [5, 5.41) is 3.00. The first-order valence-corrected chi connectivity index (χ1v) is 12.4. The van der Waals surface area contributed by atoms with E-state index in [2.05, 4.69) is 55.6 Å². The first-order valence-electron chi connectivity index (χ1n) is 12.4. The van der Waals surface area contributed by atoms with Crippen molar-refractivity contribution in [2.75, 3.05) is 5.32 Å². The van der Waals surface area contributed by atoms with Crippen molar-refractivity contribution in [2.24, 2.45) is 23.7 Å². The Hall–Kier alpha value is -3.60. The zero-order chi connectivity index (χ0) is 24.2. The Bertz CT molecular complexity index is 1250. The highest BCUT2D eigenvalue weighted by Gasteiger charge is 2.63. The molecule has 1 amide bonds. The van der Waals surface area contributed by atoms with Crippen molar-refractivity contribution in [1.82, 2.24) is 0 Å². The number of carbonyl (C=O) groups is 2. The lowest BCUT2D eigenvalue weighted by atomic mass is 9.78. The average molecular weight is 468 g/mol. The van der Waals surface area contributed by atoms with Crippen LogP contribution < -0.4 is 10.1 Å². The molecule has 35 heavy (non-hydrogen) atoms. The summed E-state index contributed by atoms with van der Waals surface area (Å²) in [6, 6.07) is 26.0. The molecule has 0 radical (unpaired) electrons. The highest BCUT2D eigenvalue weighted by molar-refractivity contribution is 5.97. The summed E-state index contributed by atoms with van der Waals surface area (Å²) in [7, 11) is 0. The molecule has 1 heterocycles. The minimum absolute atomic E-state index is 0.0384. The van der Waals surface area contributed by atoms with E-state index in [1.165, 1.54) is 11.1 Å². The van der Waals surface area contributed by atoms with Gasteiger partial charge in [0.15, 0.2) is 0 Å². The number of rotatable bonds is 6. The molecule has 2 saturated carbocycles. The Morgan fingerprint density at radius 1 is 0.886 bits per heavy atom. The van der Waals surface area contributed by atoms with Gasteiger partial charge in [0.05, 0.1) is 11.8 Å². The third kappa shape index (κ3) is 3.79. The van der Waals surface area contributed by atoms with Gasteiger partial charge in [-0.25, -0.2) is 0 Å². The molecule has 3 fully saturated rings. The lowest BCUT2D eigenvalue weighted by molar-refractivity contribution is -0.145. The second-order valence-corrected chi connectivity index (χ2v) is 10.6. The van der Waals surface area contributed by atoms with Crippen LogP contribution in [0.25, 0.3) is 0 Å². The fraction of sp³-hybridized carbons (Fsp3) is 0.333. The molecule has 178 valence electrons. The number of esters is 1. The summed E-state index contributed by atoms with van der Waals surface area (Å²) in [5.41, 5.74) is 3.08. The standard InChI is InChI=1S/C30H29NO4/c1-30(2,19-6-4-3-5-7-19)20-8-12-22(13-9-20)34-23-14-10-21(11-15-23)31-28(32)26-18-16-24-25(17-18)35-29(33)27(24)26/h3-15,18,24-27H,16-17H2,1-2H3,(H,31,32)/t18-,24+,25-,26+,27+/m1/s1. The molecule has 0 unspecified atom stereocenters. The third-order valence-corrected chi connectivity index (χ3v) is 8.22. The van der Waals surface area contributed by atoms with Crippen LogP contribution in [0.4, 0.5) is 5.69 Å². The van der Waals surface area contributed by atoms with Crippen LogP contribution in [0.2, 0.25) is 0 Å². The Labute approximate surface area is 205 Å². The fourth-order valence-electron chi connectivity index (χ4n) is 6.29. The second kappa shape index (κ2) is 8.26. The number of hydrogen-bond donors (Lipinski definition) is 1. The van der Waals surface area contributed by atoms with Crippen LogP contribution in [0, 0.1) is 23.7 Å². The molecule has 0 aromatic heterocycles. The number of ether oxygens (including phenoxy) is 2. The van der Waals surface area contributed by atoms with E-state index in [0.717, 1.165) is 18.6 Å². The van der Waals surface area contributed by atoms with Gasteiger partial charge in [0.1, 0.15) is 17.6 Å². The smallest absolute Gasteiger partial charge is 0.310 e. The van der Waals surface area contributed by atoms with E-state index in [-0.39, 0.29) is 47.1 Å². The quantitative estimate of drug-likeness (QED) is 0.456. The molecule has 3 aromatic rings. The topological polar surface area (TPSA) is 64.6 Å². The molecule has 2 aliphatic carbocycles. The SMILES string of the molecule is CC(C)(c1ccccc1)c1ccc(Oc2ccc(NC(=O)[C@H]3[C@@H]4C[C@@H]5[C@@H]3C(=O)O[C@@H]5C4)cc2)cc1. The monoisotopic (exact) mass is 467 g/mol. The number of fused-ring (bicyclic) bond motifs is 1. The maximum Gasteiger partial charge on any atom is 0.310 e. The predicted molar refractivity (Wildman–Crippen MR) is 133 cm³/mol. The fourth-order valence-corrected chi connectivity index (χ4v) is 6.29. The molecule has 6 rings (SSSR count). The largest absolute Gasteiger partial charge is 0.462 e. The first kappa shape index (κ1) is 21.9. The van der Waals surface area contributed by atoms with E-state index in [4.69, 9.17) is 9.47 Å². The van der Waals surface area contributed by atoms with Crippen LogP contribution in [0.5, 0.6) is 11.5 Å². The lowest BCUT2D eigenvalue weighted by Gasteiger charge is -2.26. The van der Waals surface area contributed by atoms with E-state index < -0.39 is 0 Å². The Balaban J connectivity index is 1.09. The molecule has 0 spiro atoms. The lowest BCUT2D eigenvalue weighted by Crippen LogP contribution is -2.35. The van der Waals surface area contributed by atoms with Gasteiger partial charge in [-0.15, -0.1) is 0 Å². The predicted octanol–water partition coefficient (Wildman–Crippen LogP) is 5.94. The minimum Gasteiger partial charge on any atom is -0.462 e. The summed E-state index contributed by atoms with van der Waals surface area (Å²) in [6.07, 6.45) is 1.78. The third-order valence-electron chi connectivity index (χ3n) is 8.22. The second-order valence-electron chi connectivity index (χ2n) is 10.6. The van der Waals surface area contributed by atoms with Gasteiger partial charge in [0.2, 0.25) is 5.91 Å². The van der Waals surface area contributed by atoms with E-state index in [0.29, 0.717) is 11.4 Å². The van der Waals surface area contributed by atoms with Crippen LogP contribution in [0.1, 0.15) is 37.8 Å². The number of carbonyl (C=O) groups excluding carboxylic acids is 2. The number of anilines is 1. The molecule has 2 bridgehead atoms. The van der Waals surface area contributed by atoms with Gasteiger partial charge < -0.3 is 14.8 Å². The van der Waals surface area contributed by atoms with E-state index in [1.54, 1.807) is 0 Å². The molecule has 1 saturated heterocycles. The Morgan fingerprint density at radius 2 is 1.51 bits per heavy atom. The van der Waals surface area contributed by atoms with Crippen molar-refractivity contribution in [2.45, 2.75) is 38.2 Å². The molecular formula is C30H29NO4. The van der Waals surface area contributed by atoms with Crippen molar-refractivity contribution < 1.29 is 19.1 Å². The van der Waals surface area contributed by atoms with Crippen molar-refractivity contribution in [3.63, 3.8) is 0 Å². The van der Waals surface area contributed by atoms with Crippen molar-refractivity contribution >= 4 is 17.6 Å². The van der Waals surface area contributed by atoms with Crippen molar-refractivity contribution in [3.05, 3.63) is 90.0 Å². The first-order chi connectivity index (χ1) is 16.9. The summed E-state index contributed by atoms with van der Waals surface area (Å²) in [4.78, 5) is 25.2. The summed E-state index contributed by atoms with van der Waals surface area (Å²) >= 11 is 0. The van der Waals surface area contributed by atoms with Crippen LogP contribution in [-0.4, -0.2) is 18.0 Å². The maximum atomic E-state index is 13.0. The summed E-state index contributed by atoms with van der Waals surface area (Å²) in [6.45, 7) is 4.44. The molecule has 5 atom stereocenters. The number of benzene rings is 3. The molecule has 3 aromatic carbocycles. The molecule has 1 aliphatic heterocycles. The van der Waals surface area contributed by atoms with Gasteiger partial charge in [-0.1, -0.05) is 56.3 Å². The number of nitrogens with one attached hydrogen (secondary N) is 1. The highest BCUT2D eigenvalue weighted by Crippen LogP contribution is 2.57. The van der Waals surface area contributed by atoms with E-state index in [1.807, 2.05) is 42.5 Å². The molecule has 5 heteroatoms. The molecule has 1 N–H and O–H groups in total. The Morgan fingerprint density at radius 3 is 2.20 bits per heavy atom.